The number of phenols is 1. The summed E-state index contributed by atoms with van der Waals surface area (Å²) in [6.45, 7) is 0. The molecule has 1 N–H and O–H groups in total. The zero-order chi connectivity index (χ0) is 9.68. The van der Waals surface area contributed by atoms with Gasteiger partial charge in [-0.1, -0.05) is 17.9 Å². The summed E-state index contributed by atoms with van der Waals surface area (Å²) in [5.41, 5.74) is 0.0348. The van der Waals surface area contributed by atoms with Crippen molar-refractivity contribution >= 4 is 11.6 Å². The van der Waals surface area contributed by atoms with Crippen molar-refractivity contribution < 1.29 is 9.50 Å². The third-order valence-electron chi connectivity index (χ3n) is 1.42. The number of rotatable bonds is 1. The van der Waals surface area contributed by atoms with Gasteiger partial charge in [-0.25, -0.2) is 4.39 Å². The molecule has 0 saturated carbocycles. The van der Waals surface area contributed by atoms with Crippen molar-refractivity contribution in [1.29, 1.82) is 0 Å². The number of phenolic OH excluding ortho intramolecular Hbond substituents is 1. The van der Waals surface area contributed by atoms with Crippen LogP contribution in [-0.2, 0) is 0 Å². The second kappa shape index (κ2) is 4.74. The van der Waals surface area contributed by atoms with Gasteiger partial charge >= 0.3 is 0 Å². The van der Waals surface area contributed by atoms with E-state index < -0.39 is 5.82 Å². The van der Waals surface area contributed by atoms with Gasteiger partial charge in [-0.15, -0.1) is 11.6 Å². The Morgan fingerprint density at radius 1 is 1.46 bits per heavy atom. The molecule has 68 valence electrons. The summed E-state index contributed by atoms with van der Waals surface area (Å²) in [6.07, 6.45) is 0.481. The number of halogens is 2. The fourth-order valence-corrected chi connectivity index (χ4v) is 0.929. The first-order valence-corrected chi connectivity index (χ1v) is 4.31. The number of alkyl halides is 1. The monoisotopic (exact) mass is 198 g/mol. The molecule has 1 aromatic rings. The molecule has 1 nitrogen and oxygen atoms in total. The van der Waals surface area contributed by atoms with Crippen LogP contribution in [0.2, 0.25) is 0 Å². The molecule has 0 unspecified atom stereocenters. The number of benzene rings is 1. The fraction of sp³-hybridized carbons (Fsp3) is 0.200. The molecule has 0 bridgehead atoms. The number of hydrogen-bond donors (Lipinski definition) is 1. The molecule has 0 spiro atoms. The number of aromatic hydroxyl groups is 1. The minimum atomic E-state index is -0.512. The van der Waals surface area contributed by atoms with Crippen LogP contribution in [0.5, 0.6) is 5.75 Å². The summed E-state index contributed by atoms with van der Waals surface area (Å²) in [4.78, 5) is 0. The van der Waals surface area contributed by atoms with Crippen LogP contribution in [0, 0.1) is 17.7 Å². The van der Waals surface area contributed by atoms with Gasteiger partial charge in [0.1, 0.15) is 17.1 Å². The Labute approximate surface area is 81.2 Å². The third kappa shape index (κ3) is 2.64. The summed E-state index contributed by atoms with van der Waals surface area (Å²) >= 11 is 5.39. The standard InChI is InChI=1S/C10H8ClFO/c11-7-2-1-4-8-9(12)5-3-6-10(8)13/h3,5-6,13H,2,7H2. The Morgan fingerprint density at radius 3 is 2.85 bits per heavy atom. The van der Waals surface area contributed by atoms with Gasteiger partial charge in [-0.05, 0) is 12.1 Å². The molecular weight excluding hydrogens is 191 g/mol. The average molecular weight is 199 g/mol. The first-order chi connectivity index (χ1) is 6.25. The lowest BCUT2D eigenvalue weighted by atomic mass is 10.2. The SMILES string of the molecule is Oc1cccc(F)c1C#CCCCl. The molecule has 13 heavy (non-hydrogen) atoms. The maximum atomic E-state index is 13.0. The van der Waals surface area contributed by atoms with Crippen LogP contribution in [0.4, 0.5) is 4.39 Å². The van der Waals surface area contributed by atoms with Gasteiger partial charge in [0.2, 0.25) is 0 Å². The first kappa shape index (κ1) is 9.88. The van der Waals surface area contributed by atoms with E-state index in [0.29, 0.717) is 12.3 Å². The van der Waals surface area contributed by atoms with E-state index in [-0.39, 0.29) is 11.3 Å². The quantitative estimate of drug-likeness (QED) is 0.543. The van der Waals surface area contributed by atoms with Gasteiger partial charge in [0.25, 0.3) is 0 Å². The van der Waals surface area contributed by atoms with Crippen LogP contribution in [0.25, 0.3) is 0 Å². The highest BCUT2D eigenvalue weighted by atomic mass is 35.5. The van der Waals surface area contributed by atoms with Crippen molar-refractivity contribution in [2.45, 2.75) is 6.42 Å². The molecule has 0 amide bonds. The zero-order valence-corrected chi connectivity index (χ0v) is 7.61. The summed E-state index contributed by atoms with van der Waals surface area (Å²) in [5.74, 6) is 4.93. The second-order valence-corrected chi connectivity index (χ2v) is 2.75. The summed E-state index contributed by atoms with van der Waals surface area (Å²) < 4.78 is 13.0. The molecule has 0 aromatic heterocycles. The highest BCUT2D eigenvalue weighted by molar-refractivity contribution is 6.18. The van der Waals surface area contributed by atoms with Crippen LogP contribution in [-0.4, -0.2) is 11.0 Å². The summed E-state index contributed by atoms with van der Waals surface area (Å²) in [7, 11) is 0. The van der Waals surface area contributed by atoms with Gasteiger partial charge in [0.05, 0.1) is 0 Å². The summed E-state index contributed by atoms with van der Waals surface area (Å²) in [6, 6.07) is 4.08. The smallest absolute Gasteiger partial charge is 0.142 e. The van der Waals surface area contributed by atoms with Crippen molar-refractivity contribution in [3.63, 3.8) is 0 Å². The van der Waals surface area contributed by atoms with Gasteiger partial charge in [0, 0.05) is 12.3 Å². The Balaban J connectivity index is 2.95. The molecule has 3 heteroatoms. The molecule has 0 radical (unpaired) electrons. The zero-order valence-electron chi connectivity index (χ0n) is 6.85. The van der Waals surface area contributed by atoms with Crippen LogP contribution < -0.4 is 0 Å². The van der Waals surface area contributed by atoms with Crippen LogP contribution in [0.15, 0.2) is 18.2 Å². The van der Waals surface area contributed by atoms with Crippen LogP contribution >= 0.6 is 11.6 Å². The molecule has 1 rings (SSSR count). The number of hydrogen-bond acceptors (Lipinski definition) is 1. The highest BCUT2D eigenvalue weighted by Crippen LogP contribution is 2.17. The topological polar surface area (TPSA) is 20.2 Å². The van der Waals surface area contributed by atoms with Gasteiger partial charge in [-0.2, -0.15) is 0 Å². The van der Waals surface area contributed by atoms with Crippen molar-refractivity contribution in [1.82, 2.24) is 0 Å². The average Bonchev–Trinajstić information content (AvgIpc) is 2.10. The van der Waals surface area contributed by atoms with E-state index in [9.17, 15) is 9.50 Å². The molecule has 0 aliphatic rings. The second-order valence-electron chi connectivity index (χ2n) is 2.37. The third-order valence-corrected chi connectivity index (χ3v) is 1.61. The fourth-order valence-electron chi connectivity index (χ4n) is 0.835. The Kier molecular flexibility index (Phi) is 3.60. The van der Waals surface area contributed by atoms with E-state index in [1.165, 1.54) is 18.2 Å². The predicted molar refractivity (Wildman–Crippen MR) is 50.3 cm³/mol. The molecule has 0 saturated heterocycles. The maximum absolute atomic E-state index is 13.0. The minimum absolute atomic E-state index is 0.0348. The maximum Gasteiger partial charge on any atom is 0.142 e. The Hall–Kier alpha value is -1.20. The van der Waals surface area contributed by atoms with Gasteiger partial charge < -0.3 is 5.11 Å². The van der Waals surface area contributed by atoms with E-state index in [1.54, 1.807) is 0 Å². The molecule has 1 aromatic carbocycles. The molecule has 0 fully saturated rings. The normalized spacial score (nSPS) is 9.08. The molecule has 0 heterocycles. The molecular formula is C10H8ClFO. The van der Waals surface area contributed by atoms with Crippen molar-refractivity contribution in [3.8, 4) is 17.6 Å². The lowest BCUT2D eigenvalue weighted by Gasteiger charge is -1.96. The van der Waals surface area contributed by atoms with E-state index in [2.05, 4.69) is 11.8 Å². The van der Waals surface area contributed by atoms with Crippen molar-refractivity contribution in [2.75, 3.05) is 5.88 Å². The lowest BCUT2D eigenvalue weighted by molar-refractivity contribution is 0.467. The molecule has 0 aliphatic heterocycles. The van der Waals surface area contributed by atoms with E-state index >= 15 is 0 Å². The summed E-state index contributed by atoms with van der Waals surface area (Å²) in [5, 5.41) is 9.22. The lowest BCUT2D eigenvalue weighted by Crippen LogP contribution is -1.83. The van der Waals surface area contributed by atoms with Gasteiger partial charge in [0.15, 0.2) is 0 Å². The van der Waals surface area contributed by atoms with Crippen LogP contribution in [0.1, 0.15) is 12.0 Å². The highest BCUT2D eigenvalue weighted by Gasteiger charge is 2.02. The van der Waals surface area contributed by atoms with E-state index in [1.807, 2.05) is 0 Å². The Bertz CT molecular complexity index is 331. The van der Waals surface area contributed by atoms with E-state index in [0.717, 1.165) is 0 Å². The van der Waals surface area contributed by atoms with E-state index in [4.69, 9.17) is 11.6 Å². The largest absolute Gasteiger partial charge is 0.507 e. The predicted octanol–water partition coefficient (Wildman–Crippen LogP) is 2.51. The van der Waals surface area contributed by atoms with Gasteiger partial charge in [-0.3, -0.25) is 0 Å². The molecule has 0 aliphatic carbocycles. The minimum Gasteiger partial charge on any atom is -0.507 e. The van der Waals surface area contributed by atoms with Crippen LogP contribution in [0.3, 0.4) is 0 Å². The Morgan fingerprint density at radius 2 is 2.23 bits per heavy atom. The van der Waals surface area contributed by atoms with Crippen molar-refractivity contribution in [2.24, 2.45) is 0 Å². The molecule has 0 atom stereocenters. The first-order valence-electron chi connectivity index (χ1n) is 3.78. The van der Waals surface area contributed by atoms with Crippen molar-refractivity contribution in [3.05, 3.63) is 29.6 Å².